The van der Waals surface area contributed by atoms with Crippen LogP contribution in [0.1, 0.15) is 18.9 Å². The maximum atomic E-state index is 5.28. The lowest BCUT2D eigenvalue weighted by Gasteiger charge is -2.12. The molecule has 0 unspecified atom stereocenters. The second kappa shape index (κ2) is 6.46. The van der Waals surface area contributed by atoms with E-state index in [9.17, 15) is 0 Å². The second-order valence-corrected chi connectivity index (χ2v) is 4.93. The first-order valence-electron chi connectivity index (χ1n) is 5.94. The molecule has 0 saturated carbocycles. The first-order valence-corrected chi connectivity index (χ1v) is 6.75. The van der Waals surface area contributed by atoms with E-state index in [1.165, 1.54) is 11.3 Å². The van der Waals surface area contributed by atoms with Gasteiger partial charge >= 0.3 is 0 Å². The molecule has 0 aliphatic rings. The van der Waals surface area contributed by atoms with Gasteiger partial charge in [0.1, 0.15) is 5.01 Å². The summed E-state index contributed by atoms with van der Waals surface area (Å²) in [6.45, 7) is 6.21. The van der Waals surface area contributed by atoms with Crippen molar-refractivity contribution in [2.24, 2.45) is 0 Å². The topological polar surface area (TPSA) is 64.9 Å². The van der Waals surface area contributed by atoms with Gasteiger partial charge in [-0.1, -0.05) is 11.3 Å². The highest BCUT2D eigenvalue weighted by atomic mass is 32.1. The zero-order chi connectivity index (χ0) is 12.8. The first kappa shape index (κ1) is 13.0. The average Bonchev–Trinajstić information content (AvgIpc) is 2.99. The number of aromatic nitrogens is 4. The predicted molar refractivity (Wildman–Crippen MR) is 69.6 cm³/mol. The maximum absolute atomic E-state index is 5.28. The lowest BCUT2D eigenvalue weighted by molar-refractivity contribution is 0.335. The van der Waals surface area contributed by atoms with Crippen molar-refractivity contribution in [3.05, 3.63) is 23.5 Å². The lowest BCUT2D eigenvalue weighted by atomic mass is 10.3. The van der Waals surface area contributed by atoms with Crippen LogP contribution in [0.5, 0.6) is 5.19 Å². The summed E-state index contributed by atoms with van der Waals surface area (Å²) in [6.07, 6.45) is 3.74. The van der Waals surface area contributed by atoms with Crippen LogP contribution >= 0.6 is 11.3 Å². The molecule has 0 fully saturated rings. The fourth-order valence-electron chi connectivity index (χ4n) is 1.51. The minimum absolute atomic E-state index is 0.323. The van der Waals surface area contributed by atoms with Crippen molar-refractivity contribution < 1.29 is 4.74 Å². The molecule has 0 radical (unpaired) electrons. The molecule has 0 aliphatic heterocycles. The summed E-state index contributed by atoms with van der Waals surface area (Å²) in [5.74, 6) is 0. The monoisotopic (exact) mass is 267 g/mol. The molecule has 0 spiro atoms. The van der Waals surface area contributed by atoms with Crippen molar-refractivity contribution in [3.63, 3.8) is 0 Å². The maximum Gasteiger partial charge on any atom is 0.294 e. The molecule has 98 valence electrons. The van der Waals surface area contributed by atoms with Gasteiger partial charge in [0, 0.05) is 18.4 Å². The van der Waals surface area contributed by atoms with Crippen molar-refractivity contribution in [3.8, 4) is 5.19 Å². The lowest BCUT2D eigenvalue weighted by Crippen LogP contribution is -2.30. The van der Waals surface area contributed by atoms with Crippen molar-refractivity contribution in [2.75, 3.05) is 6.61 Å². The summed E-state index contributed by atoms with van der Waals surface area (Å²) in [5, 5.41) is 17.1. The largest absolute Gasteiger partial charge is 0.469 e. The predicted octanol–water partition coefficient (Wildman–Crippen LogP) is 1.31. The van der Waals surface area contributed by atoms with Gasteiger partial charge < -0.3 is 10.1 Å². The number of nitrogens with zero attached hydrogens (tertiary/aromatic N) is 4. The molecule has 7 heteroatoms. The summed E-state index contributed by atoms with van der Waals surface area (Å²) in [6, 6.07) is 2.25. The van der Waals surface area contributed by atoms with Crippen LogP contribution in [0, 0.1) is 0 Å². The Labute approximate surface area is 110 Å². The number of nitrogens with one attached hydrogen (secondary N) is 1. The van der Waals surface area contributed by atoms with Crippen LogP contribution in [0.4, 0.5) is 0 Å². The van der Waals surface area contributed by atoms with Crippen LogP contribution in [-0.2, 0) is 13.1 Å². The van der Waals surface area contributed by atoms with Crippen molar-refractivity contribution in [2.45, 2.75) is 33.0 Å². The van der Waals surface area contributed by atoms with E-state index in [-0.39, 0.29) is 0 Å². The van der Waals surface area contributed by atoms with Gasteiger partial charge in [-0.15, -0.1) is 10.2 Å². The minimum atomic E-state index is 0.323. The van der Waals surface area contributed by atoms with E-state index in [2.05, 4.69) is 27.5 Å². The second-order valence-electron chi connectivity index (χ2n) is 3.90. The number of hydrogen-bond acceptors (Lipinski definition) is 6. The Morgan fingerprint density at radius 2 is 2.39 bits per heavy atom. The highest BCUT2D eigenvalue weighted by Gasteiger charge is 2.07. The molecule has 1 N–H and O–H groups in total. The van der Waals surface area contributed by atoms with Gasteiger partial charge in [-0.3, -0.25) is 4.68 Å². The van der Waals surface area contributed by atoms with E-state index in [0.717, 1.165) is 11.6 Å². The Balaban J connectivity index is 1.76. The van der Waals surface area contributed by atoms with Crippen molar-refractivity contribution in [1.82, 2.24) is 25.3 Å². The summed E-state index contributed by atoms with van der Waals surface area (Å²) in [7, 11) is 0. The molecule has 2 aromatic heterocycles. The summed E-state index contributed by atoms with van der Waals surface area (Å²) >= 11 is 1.48. The van der Waals surface area contributed by atoms with E-state index < -0.39 is 0 Å². The fourth-order valence-corrected chi connectivity index (χ4v) is 2.20. The van der Waals surface area contributed by atoms with Crippen LogP contribution in [-0.4, -0.2) is 32.6 Å². The molecule has 2 aromatic rings. The Morgan fingerprint density at radius 1 is 1.50 bits per heavy atom. The fraction of sp³-hybridized carbons (Fsp3) is 0.545. The smallest absolute Gasteiger partial charge is 0.294 e. The van der Waals surface area contributed by atoms with Crippen LogP contribution in [0.2, 0.25) is 0 Å². The van der Waals surface area contributed by atoms with Gasteiger partial charge in [0.25, 0.3) is 5.19 Å². The van der Waals surface area contributed by atoms with E-state index in [4.69, 9.17) is 4.74 Å². The Bertz CT molecular complexity index is 456. The molecule has 18 heavy (non-hydrogen) atoms. The Kier molecular flexibility index (Phi) is 4.66. The molecule has 0 bridgehead atoms. The van der Waals surface area contributed by atoms with Crippen LogP contribution < -0.4 is 10.1 Å². The number of hydrogen-bond donors (Lipinski definition) is 1. The zero-order valence-electron chi connectivity index (χ0n) is 10.5. The van der Waals surface area contributed by atoms with Crippen LogP contribution in [0.15, 0.2) is 18.5 Å². The normalized spacial score (nSPS) is 12.6. The van der Waals surface area contributed by atoms with Crippen molar-refractivity contribution >= 4 is 11.3 Å². The molecule has 0 saturated heterocycles. The molecule has 1 atom stereocenters. The third-order valence-electron chi connectivity index (χ3n) is 2.34. The van der Waals surface area contributed by atoms with Crippen molar-refractivity contribution in [1.29, 1.82) is 0 Å². The van der Waals surface area contributed by atoms with Gasteiger partial charge in [0.05, 0.1) is 19.7 Å². The molecule has 0 aromatic carbocycles. The Hall–Kier alpha value is -1.47. The third-order valence-corrected chi connectivity index (χ3v) is 3.17. The number of rotatable bonds is 7. The molecular formula is C11H17N5OS. The van der Waals surface area contributed by atoms with Gasteiger partial charge in [-0.05, 0) is 19.9 Å². The summed E-state index contributed by atoms with van der Waals surface area (Å²) in [5.41, 5.74) is 0. The molecule has 6 nitrogen and oxygen atoms in total. The van der Waals surface area contributed by atoms with Gasteiger partial charge in [-0.25, -0.2) is 0 Å². The molecule has 2 heterocycles. The van der Waals surface area contributed by atoms with Gasteiger partial charge in [0.2, 0.25) is 0 Å². The van der Waals surface area contributed by atoms with Gasteiger partial charge in [-0.2, -0.15) is 5.10 Å². The molecule has 0 aliphatic carbocycles. The van der Waals surface area contributed by atoms with E-state index in [1.54, 1.807) is 6.20 Å². The SMILES string of the molecule is CCOc1nnc(CN[C@H](C)Cn2cccn2)s1. The first-order chi connectivity index (χ1) is 8.78. The third kappa shape index (κ3) is 3.78. The zero-order valence-corrected chi connectivity index (χ0v) is 11.4. The van der Waals surface area contributed by atoms with E-state index in [0.29, 0.717) is 24.4 Å². The quantitative estimate of drug-likeness (QED) is 0.819. The highest BCUT2D eigenvalue weighted by molar-refractivity contribution is 7.13. The standard InChI is InChI=1S/C11H17N5OS/c1-3-17-11-15-14-10(18-11)7-12-9(2)8-16-6-4-5-13-16/h4-6,9,12H,3,7-8H2,1-2H3/t9-/m1/s1. The molecular weight excluding hydrogens is 250 g/mol. The summed E-state index contributed by atoms with van der Waals surface area (Å²) < 4.78 is 7.19. The Morgan fingerprint density at radius 3 is 3.11 bits per heavy atom. The number of ether oxygens (including phenoxy) is 1. The minimum Gasteiger partial charge on any atom is -0.469 e. The van der Waals surface area contributed by atoms with Crippen LogP contribution in [0.25, 0.3) is 0 Å². The van der Waals surface area contributed by atoms with Crippen LogP contribution in [0.3, 0.4) is 0 Å². The summed E-state index contributed by atoms with van der Waals surface area (Å²) in [4.78, 5) is 0. The highest BCUT2D eigenvalue weighted by Crippen LogP contribution is 2.17. The van der Waals surface area contributed by atoms with E-state index >= 15 is 0 Å². The molecule has 2 rings (SSSR count). The average molecular weight is 267 g/mol. The van der Waals surface area contributed by atoms with E-state index in [1.807, 2.05) is 23.9 Å². The van der Waals surface area contributed by atoms with Gasteiger partial charge in [0.15, 0.2) is 0 Å². The molecule has 0 amide bonds.